The molecule has 5 nitrogen and oxygen atoms in total. The minimum Gasteiger partial charge on any atom is -0.462 e. The van der Waals surface area contributed by atoms with Crippen LogP contribution in [0.3, 0.4) is 0 Å². The van der Waals surface area contributed by atoms with Gasteiger partial charge in [-0.15, -0.1) is 13.2 Å². The third-order valence-corrected chi connectivity index (χ3v) is 2.65. The molecule has 2 rings (SSSR count). The van der Waals surface area contributed by atoms with E-state index in [0.29, 0.717) is 17.7 Å². The Bertz CT molecular complexity index is 636. The van der Waals surface area contributed by atoms with Crippen molar-refractivity contribution in [2.24, 2.45) is 0 Å². The molecular weight excluding hydrogens is 301 g/mol. The third-order valence-electron chi connectivity index (χ3n) is 2.65. The number of halogens is 3. The first-order valence-corrected chi connectivity index (χ1v) is 6.41. The zero-order valence-electron chi connectivity index (χ0n) is 11.6. The molecule has 0 aliphatic heterocycles. The zero-order chi connectivity index (χ0) is 16.2. The summed E-state index contributed by atoms with van der Waals surface area (Å²) in [7, 11) is 0. The fourth-order valence-corrected chi connectivity index (χ4v) is 1.75. The van der Waals surface area contributed by atoms with Crippen molar-refractivity contribution in [1.29, 1.82) is 0 Å². The largest absolute Gasteiger partial charge is 0.573 e. The van der Waals surface area contributed by atoms with Crippen LogP contribution in [-0.4, -0.2) is 28.7 Å². The molecule has 0 radical (unpaired) electrons. The van der Waals surface area contributed by atoms with Crippen molar-refractivity contribution in [3.63, 3.8) is 0 Å². The first-order chi connectivity index (χ1) is 10.4. The Morgan fingerprint density at radius 2 is 1.95 bits per heavy atom. The number of carbonyl (C=O) groups excluding carboxylic acids is 1. The van der Waals surface area contributed by atoms with E-state index in [1.165, 1.54) is 41.3 Å². The number of esters is 1. The summed E-state index contributed by atoms with van der Waals surface area (Å²) >= 11 is 0. The van der Waals surface area contributed by atoms with Crippen LogP contribution < -0.4 is 4.74 Å². The Morgan fingerprint density at radius 3 is 2.55 bits per heavy atom. The van der Waals surface area contributed by atoms with Crippen molar-refractivity contribution >= 4 is 5.97 Å². The highest BCUT2D eigenvalue weighted by Crippen LogP contribution is 2.22. The average Bonchev–Trinajstić information content (AvgIpc) is 2.88. The summed E-state index contributed by atoms with van der Waals surface area (Å²) < 4.78 is 46.3. The van der Waals surface area contributed by atoms with E-state index in [2.05, 4.69) is 9.84 Å². The lowest BCUT2D eigenvalue weighted by atomic mass is 10.2. The van der Waals surface area contributed by atoms with E-state index < -0.39 is 12.3 Å². The summed E-state index contributed by atoms with van der Waals surface area (Å²) in [5.41, 5.74) is 1.03. The van der Waals surface area contributed by atoms with Gasteiger partial charge in [-0.25, -0.2) is 4.79 Å². The molecule has 118 valence electrons. The van der Waals surface area contributed by atoms with Crippen LogP contribution >= 0.6 is 0 Å². The molecule has 0 fully saturated rings. The molecule has 0 N–H and O–H groups in total. The van der Waals surface area contributed by atoms with E-state index in [-0.39, 0.29) is 12.4 Å². The van der Waals surface area contributed by atoms with Gasteiger partial charge in [-0.2, -0.15) is 5.10 Å². The van der Waals surface area contributed by atoms with Gasteiger partial charge in [-0.3, -0.25) is 4.68 Å². The maximum absolute atomic E-state index is 12.0. The first-order valence-electron chi connectivity index (χ1n) is 6.41. The molecule has 0 unspecified atom stereocenters. The molecule has 0 saturated carbocycles. The van der Waals surface area contributed by atoms with Crippen LogP contribution in [0.25, 0.3) is 0 Å². The van der Waals surface area contributed by atoms with Gasteiger partial charge < -0.3 is 9.47 Å². The molecule has 0 atom stereocenters. The molecule has 0 saturated heterocycles. The average molecular weight is 314 g/mol. The standard InChI is InChI=1S/C14H13F3N2O3/c1-2-21-13(20)11-7-18-19(9-11)8-10-3-5-12(6-4-10)22-14(15,16)17/h3-7,9H,2,8H2,1H3. The number of ether oxygens (including phenoxy) is 2. The minimum absolute atomic E-state index is 0.269. The molecule has 8 heteroatoms. The van der Waals surface area contributed by atoms with Gasteiger partial charge in [-0.05, 0) is 24.6 Å². The van der Waals surface area contributed by atoms with E-state index in [1.54, 1.807) is 6.92 Å². The summed E-state index contributed by atoms with van der Waals surface area (Å²) in [5, 5.41) is 4.00. The van der Waals surface area contributed by atoms with Gasteiger partial charge >= 0.3 is 12.3 Å². The predicted molar refractivity (Wildman–Crippen MR) is 70.4 cm³/mol. The number of hydrogen-bond acceptors (Lipinski definition) is 4. The quantitative estimate of drug-likeness (QED) is 0.796. The van der Waals surface area contributed by atoms with Crippen LogP contribution in [-0.2, 0) is 11.3 Å². The topological polar surface area (TPSA) is 53.3 Å². The molecule has 0 amide bonds. The summed E-state index contributed by atoms with van der Waals surface area (Å²) in [6, 6.07) is 5.43. The molecule has 0 aliphatic carbocycles. The van der Waals surface area contributed by atoms with Gasteiger partial charge in [0.1, 0.15) is 5.75 Å². The molecule has 22 heavy (non-hydrogen) atoms. The maximum atomic E-state index is 12.0. The predicted octanol–water partition coefficient (Wildman–Crippen LogP) is 3.01. The monoisotopic (exact) mass is 314 g/mol. The molecule has 1 aromatic heterocycles. The van der Waals surface area contributed by atoms with Crippen LogP contribution in [0.2, 0.25) is 0 Å². The summed E-state index contributed by atoms with van der Waals surface area (Å²) in [5.74, 6) is -0.758. The lowest BCUT2D eigenvalue weighted by Gasteiger charge is -2.09. The van der Waals surface area contributed by atoms with Crippen LogP contribution in [0.4, 0.5) is 13.2 Å². The molecule has 0 bridgehead atoms. The Kier molecular flexibility index (Phi) is 4.69. The van der Waals surface area contributed by atoms with Crippen molar-refractivity contribution in [2.75, 3.05) is 6.61 Å². The fourth-order valence-electron chi connectivity index (χ4n) is 1.75. The van der Waals surface area contributed by atoms with Gasteiger partial charge in [0.05, 0.1) is 24.9 Å². The summed E-state index contributed by atoms with van der Waals surface area (Å²) in [4.78, 5) is 11.5. The minimum atomic E-state index is -4.71. The number of alkyl halides is 3. The number of nitrogens with zero attached hydrogens (tertiary/aromatic N) is 2. The second kappa shape index (κ2) is 6.50. The van der Waals surface area contributed by atoms with E-state index in [1.807, 2.05) is 0 Å². The van der Waals surface area contributed by atoms with Crippen molar-refractivity contribution < 1.29 is 27.4 Å². The molecule has 2 aromatic rings. The van der Waals surface area contributed by atoms with Gasteiger partial charge in [0, 0.05) is 6.20 Å². The van der Waals surface area contributed by atoms with Crippen molar-refractivity contribution in [3.8, 4) is 5.75 Å². The summed E-state index contributed by atoms with van der Waals surface area (Å²) in [6.07, 6.45) is -1.82. The van der Waals surface area contributed by atoms with Crippen molar-refractivity contribution in [3.05, 3.63) is 47.8 Å². The van der Waals surface area contributed by atoms with Crippen molar-refractivity contribution in [1.82, 2.24) is 9.78 Å². The molecule has 1 heterocycles. The SMILES string of the molecule is CCOC(=O)c1cnn(Cc2ccc(OC(F)(F)F)cc2)c1. The first kappa shape index (κ1) is 15.9. The van der Waals surface area contributed by atoms with Gasteiger partial charge in [0.15, 0.2) is 0 Å². The Labute approximate surface area is 124 Å². The van der Waals surface area contributed by atoms with E-state index in [9.17, 15) is 18.0 Å². The highest BCUT2D eigenvalue weighted by atomic mass is 19.4. The fraction of sp³-hybridized carbons (Fsp3) is 0.286. The van der Waals surface area contributed by atoms with E-state index in [0.717, 1.165) is 0 Å². The van der Waals surface area contributed by atoms with Gasteiger partial charge in [0.2, 0.25) is 0 Å². The zero-order valence-corrected chi connectivity index (χ0v) is 11.6. The summed E-state index contributed by atoms with van der Waals surface area (Å²) in [6.45, 7) is 2.28. The van der Waals surface area contributed by atoms with E-state index in [4.69, 9.17) is 4.74 Å². The number of hydrogen-bond donors (Lipinski definition) is 0. The number of carbonyl (C=O) groups is 1. The third kappa shape index (κ3) is 4.51. The molecular formula is C14H13F3N2O3. The Hall–Kier alpha value is -2.51. The maximum Gasteiger partial charge on any atom is 0.573 e. The van der Waals surface area contributed by atoms with Crippen LogP contribution in [0, 0.1) is 0 Å². The van der Waals surface area contributed by atoms with Crippen LogP contribution in [0.5, 0.6) is 5.75 Å². The van der Waals surface area contributed by atoms with Gasteiger partial charge in [0.25, 0.3) is 0 Å². The normalized spacial score (nSPS) is 11.3. The van der Waals surface area contributed by atoms with Crippen LogP contribution in [0.15, 0.2) is 36.7 Å². The molecule has 0 aliphatic rings. The Balaban J connectivity index is 2.00. The van der Waals surface area contributed by atoms with E-state index >= 15 is 0 Å². The smallest absolute Gasteiger partial charge is 0.462 e. The lowest BCUT2D eigenvalue weighted by Crippen LogP contribution is -2.17. The van der Waals surface area contributed by atoms with Gasteiger partial charge in [-0.1, -0.05) is 12.1 Å². The number of benzene rings is 1. The molecule has 0 spiro atoms. The molecule has 1 aromatic carbocycles. The second-order valence-corrected chi connectivity index (χ2v) is 4.34. The second-order valence-electron chi connectivity index (χ2n) is 4.34. The highest BCUT2D eigenvalue weighted by molar-refractivity contribution is 5.88. The number of aromatic nitrogens is 2. The van der Waals surface area contributed by atoms with Crippen molar-refractivity contribution in [2.45, 2.75) is 19.8 Å². The number of rotatable bonds is 5. The lowest BCUT2D eigenvalue weighted by molar-refractivity contribution is -0.274. The Morgan fingerprint density at radius 1 is 1.27 bits per heavy atom. The highest BCUT2D eigenvalue weighted by Gasteiger charge is 2.30. The van der Waals surface area contributed by atoms with Crippen LogP contribution in [0.1, 0.15) is 22.8 Å².